The number of nitrogens with one attached hydrogen (secondary N) is 1. The molecule has 0 saturated heterocycles. The number of benzene rings is 5. The minimum absolute atomic E-state index is 0.0360. The van der Waals surface area contributed by atoms with E-state index in [0.717, 1.165) is 47.3 Å². The third-order valence-corrected chi connectivity index (χ3v) is 9.65. The van der Waals surface area contributed by atoms with Crippen molar-refractivity contribution in [2.45, 2.75) is 26.2 Å². The third kappa shape index (κ3) is 6.31. The first kappa shape index (κ1) is 31.0. The number of rotatable bonds is 5. The molecule has 1 N–H and O–H groups in total. The molecule has 9 rings (SSSR count). The minimum atomic E-state index is -0.0360. The Morgan fingerprint density at radius 2 is 1.52 bits per heavy atom. The average Bonchev–Trinajstić information content (AvgIpc) is 3.18. The fraction of sp³-hybridized carbons (Fsp3) is 0.114. The van der Waals surface area contributed by atoms with Gasteiger partial charge in [-0.25, -0.2) is 9.97 Å². The molecule has 0 amide bonds. The number of carbonyl (C=O) groups is 1. The van der Waals surface area contributed by atoms with Crippen molar-refractivity contribution in [3.05, 3.63) is 168 Å². The molecule has 0 aliphatic heterocycles. The predicted octanol–water partition coefficient (Wildman–Crippen LogP) is 10.1. The van der Waals surface area contributed by atoms with Crippen LogP contribution in [0, 0.1) is 12.8 Å². The fourth-order valence-electron chi connectivity index (χ4n) is 6.98. The molecule has 5 aromatic carbocycles. The summed E-state index contributed by atoms with van der Waals surface area (Å²) < 4.78 is 0. The number of hydrogen-bond acceptors (Lipinski definition) is 6. The molecule has 1 unspecified atom stereocenters. The van der Waals surface area contributed by atoms with Gasteiger partial charge in [-0.3, -0.25) is 14.8 Å². The van der Waals surface area contributed by atoms with E-state index >= 15 is 0 Å². The number of hydrogen-bond donors (Lipinski definition) is 1. The zero-order valence-corrected chi connectivity index (χ0v) is 27.8. The zero-order valence-electron chi connectivity index (χ0n) is 27.8. The molecule has 242 valence electrons. The Morgan fingerprint density at radius 1 is 0.700 bits per heavy atom. The summed E-state index contributed by atoms with van der Waals surface area (Å²) in [5.41, 5.74) is 6.98. The van der Waals surface area contributed by atoms with Crippen LogP contribution in [0.4, 0.5) is 11.6 Å². The second-order valence-electron chi connectivity index (χ2n) is 12.8. The lowest BCUT2D eigenvalue weighted by Crippen LogP contribution is -2.23. The molecule has 1 aliphatic carbocycles. The summed E-state index contributed by atoms with van der Waals surface area (Å²) in [6.45, 7) is 2.02. The summed E-state index contributed by atoms with van der Waals surface area (Å²) in [6, 6.07) is 39.3. The molecule has 1 atom stereocenters. The summed E-state index contributed by atoms with van der Waals surface area (Å²) in [5.74, 6) is 0.642. The Morgan fingerprint density at radius 3 is 2.38 bits per heavy atom. The molecular weight excluding hydrogens is 615 g/mol. The van der Waals surface area contributed by atoms with Crippen LogP contribution in [0.25, 0.3) is 43.6 Å². The van der Waals surface area contributed by atoms with Crippen molar-refractivity contribution in [1.82, 2.24) is 19.9 Å². The molecule has 50 heavy (non-hydrogen) atoms. The zero-order chi connectivity index (χ0) is 33.9. The van der Waals surface area contributed by atoms with Gasteiger partial charge in [-0.15, -0.1) is 0 Å². The Hall–Kier alpha value is -6.27. The number of aryl methyl sites for hydroxylation is 2. The Labute approximate surface area is 290 Å². The van der Waals surface area contributed by atoms with Gasteiger partial charge in [0.2, 0.25) is 5.95 Å². The Kier molecular flexibility index (Phi) is 8.49. The van der Waals surface area contributed by atoms with Crippen LogP contribution < -0.4 is 5.32 Å². The topological polar surface area (TPSA) is 80.7 Å². The van der Waals surface area contributed by atoms with Gasteiger partial charge >= 0.3 is 0 Å². The van der Waals surface area contributed by atoms with E-state index in [1.165, 1.54) is 43.4 Å². The summed E-state index contributed by atoms with van der Waals surface area (Å²) >= 11 is 0. The quantitative estimate of drug-likeness (QED) is 0.148. The van der Waals surface area contributed by atoms with Crippen LogP contribution in [0.5, 0.6) is 0 Å². The van der Waals surface area contributed by atoms with Crippen LogP contribution >= 0.6 is 0 Å². The van der Waals surface area contributed by atoms with Gasteiger partial charge < -0.3 is 5.32 Å². The molecule has 0 radical (unpaired) electrons. The maximum atomic E-state index is 13.7. The second-order valence-corrected chi connectivity index (χ2v) is 12.8. The highest BCUT2D eigenvalue weighted by molar-refractivity contribution is 6.09. The predicted molar refractivity (Wildman–Crippen MR) is 203 cm³/mol. The lowest BCUT2D eigenvalue weighted by atomic mass is 9.78. The monoisotopic (exact) mass is 649 g/mol. The number of Topliss-reactive ketones (excluding diaryl/α,β-unsaturated/α-hetero) is 1. The molecule has 3 aromatic heterocycles. The van der Waals surface area contributed by atoms with Crippen LogP contribution in [-0.4, -0.2) is 25.7 Å². The van der Waals surface area contributed by atoms with Gasteiger partial charge in [-0.1, -0.05) is 84.9 Å². The van der Waals surface area contributed by atoms with Crippen LogP contribution in [0.3, 0.4) is 0 Å². The van der Waals surface area contributed by atoms with Gasteiger partial charge in [0.25, 0.3) is 0 Å². The SMILES string of the molecule is Cc1ccc(C(=O)C2CCc3c(ccc4c3ccc3ccccc34)C2)cc1Nc1nccc(-c2cccnc2)n1.c1ccc2cnccc2c1. The highest BCUT2D eigenvalue weighted by Gasteiger charge is 2.27. The van der Waals surface area contributed by atoms with E-state index in [0.29, 0.717) is 5.95 Å². The van der Waals surface area contributed by atoms with Crippen molar-refractivity contribution in [3.63, 3.8) is 0 Å². The third-order valence-electron chi connectivity index (χ3n) is 9.65. The molecule has 6 heteroatoms. The molecular formula is C44H35N5O. The summed E-state index contributed by atoms with van der Waals surface area (Å²) in [6.07, 6.45) is 11.5. The van der Waals surface area contributed by atoms with E-state index in [9.17, 15) is 4.79 Å². The number of nitrogens with zero attached hydrogens (tertiary/aromatic N) is 4. The highest BCUT2D eigenvalue weighted by Crippen LogP contribution is 2.36. The highest BCUT2D eigenvalue weighted by atomic mass is 16.1. The van der Waals surface area contributed by atoms with Crippen molar-refractivity contribution in [2.75, 3.05) is 5.32 Å². The summed E-state index contributed by atoms with van der Waals surface area (Å²) in [4.78, 5) is 31.0. The van der Waals surface area contributed by atoms with Crippen LogP contribution in [-0.2, 0) is 12.8 Å². The maximum Gasteiger partial charge on any atom is 0.227 e. The number of pyridine rings is 2. The Bertz CT molecular complexity index is 2430. The maximum absolute atomic E-state index is 13.7. The van der Waals surface area contributed by atoms with Gasteiger partial charge in [0.1, 0.15) is 0 Å². The smallest absolute Gasteiger partial charge is 0.227 e. The molecule has 1 aliphatic rings. The first-order chi connectivity index (χ1) is 24.6. The van der Waals surface area contributed by atoms with E-state index in [1.54, 1.807) is 18.6 Å². The molecule has 0 fully saturated rings. The van der Waals surface area contributed by atoms with Crippen molar-refractivity contribution >= 4 is 49.7 Å². The van der Waals surface area contributed by atoms with E-state index in [4.69, 9.17) is 0 Å². The fourth-order valence-corrected chi connectivity index (χ4v) is 6.98. The van der Waals surface area contributed by atoms with Crippen LogP contribution in [0.2, 0.25) is 0 Å². The summed E-state index contributed by atoms with van der Waals surface area (Å²) in [5, 5.41) is 10.9. The summed E-state index contributed by atoms with van der Waals surface area (Å²) in [7, 11) is 0. The molecule has 0 spiro atoms. The van der Waals surface area contributed by atoms with Crippen molar-refractivity contribution in [3.8, 4) is 11.3 Å². The molecule has 3 heterocycles. The van der Waals surface area contributed by atoms with Crippen molar-refractivity contribution < 1.29 is 4.79 Å². The van der Waals surface area contributed by atoms with Gasteiger partial charge in [0.05, 0.1) is 5.69 Å². The van der Waals surface area contributed by atoms with E-state index < -0.39 is 0 Å². The first-order valence-corrected chi connectivity index (χ1v) is 17.0. The molecule has 0 saturated carbocycles. The number of ketones is 1. The number of fused-ring (bicyclic) bond motifs is 6. The van der Waals surface area contributed by atoms with E-state index in [1.807, 2.05) is 73.9 Å². The van der Waals surface area contributed by atoms with Crippen LogP contribution in [0.15, 0.2) is 146 Å². The average molecular weight is 650 g/mol. The number of anilines is 2. The molecule has 6 nitrogen and oxygen atoms in total. The van der Waals surface area contributed by atoms with E-state index in [2.05, 4.69) is 85.9 Å². The standard InChI is InChI=1S/C35H28N4O.C9H7N/c1-22-8-9-26(20-33(22)39-35-37-18-16-32(38-35)27-6-4-17-36-21-27)34(40)25-12-13-29-24(19-25)11-15-30-28-7-3-2-5-23(28)10-14-31(29)30;1-2-4-9-7-10-6-5-8(9)3-1/h2-11,14-18,20-21,25H,12-13,19H2,1H3,(H,37,38,39);1-7H. The van der Waals surface area contributed by atoms with Gasteiger partial charge in [-0.2, -0.15) is 0 Å². The van der Waals surface area contributed by atoms with Gasteiger partial charge in [-0.05, 0) is 106 Å². The number of aromatic nitrogens is 4. The van der Waals surface area contributed by atoms with Gasteiger partial charge in [0, 0.05) is 53.7 Å². The van der Waals surface area contributed by atoms with E-state index in [-0.39, 0.29) is 11.7 Å². The molecule has 0 bridgehead atoms. The number of carbonyl (C=O) groups excluding carboxylic acids is 1. The van der Waals surface area contributed by atoms with Crippen LogP contribution in [0.1, 0.15) is 33.5 Å². The second kappa shape index (κ2) is 13.7. The minimum Gasteiger partial charge on any atom is -0.324 e. The molecule has 8 aromatic rings. The largest absolute Gasteiger partial charge is 0.324 e. The van der Waals surface area contributed by atoms with Crippen molar-refractivity contribution in [1.29, 1.82) is 0 Å². The lowest BCUT2D eigenvalue weighted by Gasteiger charge is -2.25. The van der Waals surface area contributed by atoms with Gasteiger partial charge in [0.15, 0.2) is 5.78 Å². The first-order valence-electron chi connectivity index (χ1n) is 17.0. The normalized spacial score (nSPS) is 13.7. The lowest BCUT2D eigenvalue weighted by molar-refractivity contribution is 0.0909. The van der Waals surface area contributed by atoms with Crippen molar-refractivity contribution in [2.24, 2.45) is 5.92 Å². The Balaban J connectivity index is 0.000000309.